The Hall–Kier alpha value is -0.600. The third kappa shape index (κ3) is 3.57. The van der Waals surface area contributed by atoms with Crippen LogP contribution in [0.5, 0.6) is 0 Å². The van der Waals surface area contributed by atoms with Crippen LogP contribution in [0, 0.1) is 34.5 Å². The van der Waals surface area contributed by atoms with Gasteiger partial charge in [0.05, 0.1) is 12.2 Å². The van der Waals surface area contributed by atoms with E-state index in [1.807, 2.05) is 0 Å². The monoisotopic (exact) mass is 400 g/mol. The van der Waals surface area contributed by atoms with Crippen molar-refractivity contribution in [3.8, 4) is 0 Å². The minimum absolute atomic E-state index is 0.126. The summed E-state index contributed by atoms with van der Waals surface area (Å²) in [7, 11) is 0. The van der Waals surface area contributed by atoms with Crippen molar-refractivity contribution in [3.63, 3.8) is 0 Å². The highest BCUT2D eigenvalue weighted by Gasteiger charge is 2.57. The fourth-order valence-corrected chi connectivity index (χ4v) is 8.30. The maximum atomic E-state index is 11.1. The van der Waals surface area contributed by atoms with Crippen LogP contribution in [0.15, 0.2) is 22.8 Å². The van der Waals surface area contributed by atoms with E-state index in [4.69, 9.17) is 0 Å². The van der Waals surface area contributed by atoms with Crippen molar-refractivity contribution in [2.75, 3.05) is 0 Å². The maximum absolute atomic E-state index is 11.1. The number of rotatable bonds is 4. The molecular weight excluding hydrogens is 356 g/mol. The minimum atomic E-state index is -0.259. The van der Waals surface area contributed by atoms with Gasteiger partial charge in [0.25, 0.3) is 0 Å². The summed E-state index contributed by atoms with van der Waals surface area (Å²) in [6.45, 7) is 11.9. The summed E-state index contributed by atoms with van der Waals surface area (Å²) >= 11 is 0. The van der Waals surface area contributed by atoms with Gasteiger partial charge in [0.15, 0.2) is 0 Å². The van der Waals surface area contributed by atoms with E-state index in [2.05, 4.69) is 40.7 Å². The Labute approximate surface area is 178 Å². The third-order valence-corrected chi connectivity index (χ3v) is 9.92. The molecule has 0 aromatic carbocycles. The van der Waals surface area contributed by atoms with Gasteiger partial charge in [-0.3, -0.25) is 0 Å². The lowest BCUT2D eigenvalue weighted by Gasteiger charge is -2.56. The van der Waals surface area contributed by atoms with Crippen LogP contribution in [0.25, 0.3) is 0 Å². The highest BCUT2D eigenvalue weighted by Crippen LogP contribution is 2.66. The number of aliphatic hydroxyl groups excluding tert-OH is 2. The standard InChI is InChI=1S/C27H44O2/c1-17(2)7-6-8-18(3)21-9-10-22-20-16-25(29)24-15-19(28)11-13-27(24,5)23(20)12-14-26(21,22)4/h7,18-19,21-22,24-25,28-29H,6,8-16H2,1-5H3/t18-,19?,21-,22+,24?,25?,26-,27-/m1/s1. The topological polar surface area (TPSA) is 40.5 Å². The molecule has 4 rings (SSSR count). The normalized spacial score (nSPS) is 45.3. The first-order valence-electron chi connectivity index (χ1n) is 12.4. The fourth-order valence-electron chi connectivity index (χ4n) is 8.30. The van der Waals surface area contributed by atoms with E-state index in [-0.39, 0.29) is 23.5 Å². The number of fused-ring (bicyclic) bond motifs is 4. The molecule has 2 heteroatoms. The van der Waals surface area contributed by atoms with E-state index >= 15 is 0 Å². The molecule has 0 radical (unpaired) electrons. The highest BCUT2D eigenvalue weighted by molar-refractivity contribution is 5.35. The maximum Gasteiger partial charge on any atom is 0.0614 e. The average molecular weight is 401 g/mol. The summed E-state index contributed by atoms with van der Waals surface area (Å²) < 4.78 is 0. The quantitative estimate of drug-likeness (QED) is 0.534. The van der Waals surface area contributed by atoms with Gasteiger partial charge in [0, 0.05) is 0 Å². The summed E-state index contributed by atoms with van der Waals surface area (Å²) in [4.78, 5) is 0. The first-order valence-corrected chi connectivity index (χ1v) is 12.4. The van der Waals surface area contributed by atoms with Crippen LogP contribution in [-0.4, -0.2) is 22.4 Å². The van der Waals surface area contributed by atoms with Crippen molar-refractivity contribution in [3.05, 3.63) is 22.8 Å². The summed E-state index contributed by atoms with van der Waals surface area (Å²) in [5.41, 5.74) is 5.35. The summed E-state index contributed by atoms with van der Waals surface area (Å²) in [5.74, 6) is 2.54. The van der Waals surface area contributed by atoms with Crippen LogP contribution in [0.2, 0.25) is 0 Å². The van der Waals surface area contributed by atoms with E-state index in [0.29, 0.717) is 11.3 Å². The smallest absolute Gasteiger partial charge is 0.0614 e. The molecule has 0 amide bonds. The van der Waals surface area contributed by atoms with Crippen LogP contribution in [0.4, 0.5) is 0 Å². The van der Waals surface area contributed by atoms with E-state index < -0.39 is 0 Å². The van der Waals surface area contributed by atoms with E-state index in [9.17, 15) is 10.2 Å². The Morgan fingerprint density at radius 2 is 1.90 bits per heavy atom. The fraction of sp³-hybridized carbons (Fsp3) is 0.852. The Bertz CT molecular complexity index is 687. The van der Waals surface area contributed by atoms with Crippen LogP contribution in [0.3, 0.4) is 0 Å². The van der Waals surface area contributed by atoms with Crippen molar-refractivity contribution < 1.29 is 10.2 Å². The predicted octanol–water partition coefficient (Wildman–Crippen LogP) is 6.42. The molecule has 0 spiro atoms. The van der Waals surface area contributed by atoms with Gasteiger partial charge >= 0.3 is 0 Å². The van der Waals surface area contributed by atoms with E-state index in [1.54, 1.807) is 11.1 Å². The molecule has 164 valence electrons. The zero-order valence-electron chi connectivity index (χ0n) is 19.5. The van der Waals surface area contributed by atoms with Crippen molar-refractivity contribution >= 4 is 0 Å². The number of hydrogen-bond acceptors (Lipinski definition) is 2. The second kappa shape index (κ2) is 7.83. The van der Waals surface area contributed by atoms with Gasteiger partial charge in [-0.25, -0.2) is 0 Å². The molecule has 2 saturated carbocycles. The largest absolute Gasteiger partial charge is 0.393 e. The lowest BCUT2D eigenvalue weighted by atomic mass is 9.50. The van der Waals surface area contributed by atoms with E-state index in [0.717, 1.165) is 37.5 Å². The van der Waals surface area contributed by atoms with E-state index in [1.165, 1.54) is 44.1 Å². The molecule has 4 aliphatic carbocycles. The first-order chi connectivity index (χ1) is 13.7. The highest BCUT2D eigenvalue weighted by atomic mass is 16.3. The number of aliphatic hydroxyl groups is 2. The Balaban J connectivity index is 1.58. The Morgan fingerprint density at radius 3 is 2.62 bits per heavy atom. The molecule has 2 nitrogen and oxygen atoms in total. The lowest BCUT2D eigenvalue weighted by molar-refractivity contribution is -0.0515. The van der Waals surface area contributed by atoms with Crippen molar-refractivity contribution in [1.29, 1.82) is 0 Å². The molecule has 29 heavy (non-hydrogen) atoms. The van der Waals surface area contributed by atoms with Crippen LogP contribution >= 0.6 is 0 Å². The minimum Gasteiger partial charge on any atom is -0.393 e. The van der Waals surface area contributed by atoms with Gasteiger partial charge < -0.3 is 10.2 Å². The van der Waals surface area contributed by atoms with Crippen LogP contribution < -0.4 is 0 Å². The summed E-state index contributed by atoms with van der Waals surface area (Å²) in [6.07, 6.45) is 13.3. The molecule has 0 aromatic heterocycles. The molecule has 2 N–H and O–H groups in total. The van der Waals surface area contributed by atoms with Gasteiger partial charge in [-0.2, -0.15) is 0 Å². The molecule has 3 unspecified atom stereocenters. The SMILES string of the molecule is CC(C)=CCC[C@@H](C)[C@H]1CC[C@H]2C3=C(CC[C@]12C)[C@@]1(C)CCC(O)CC1C(O)C3. The molecule has 0 bridgehead atoms. The summed E-state index contributed by atoms with van der Waals surface area (Å²) in [5, 5.41) is 21.4. The molecule has 0 saturated heterocycles. The third-order valence-electron chi connectivity index (χ3n) is 9.92. The van der Waals surface area contributed by atoms with Crippen LogP contribution in [0.1, 0.15) is 98.8 Å². The molecule has 0 aliphatic heterocycles. The Kier molecular flexibility index (Phi) is 5.84. The second-order valence-corrected chi connectivity index (χ2v) is 11.8. The predicted molar refractivity (Wildman–Crippen MR) is 120 cm³/mol. The van der Waals surface area contributed by atoms with Gasteiger partial charge in [-0.15, -0.1) is 0 Å². The van der Waals surface area contributed by atoms with Gasteiger partial charge in [-0.1, -0.05) is 43.6 Å². The molecule has 0 aromatic rings. The average Bonchev–Trinajstić information content (AvgIpc) is 3.00. The van der Waals surface area contributed by atoms with Crippen LogP contribution in [-0.2, 0) is 0 Å². The number of hydrogen-bond donors (Lipinski definition) is 2. The van der Waals surface area contributed by atoms with Crippen molar-refractivity contribution in [2.24, 2.45) is 34.5 Å². The molecule has 4 aliphatic rings. The molecule has 8 atom stereocenters. The van der Waals surface area contributed by atoms with Gasteiger partial charge in [0.1, 0.15) is 0 Å². The Morgan fingerprint density at radius 1 is 1.14 bits per heavy atom. The summed E-state index contributed by atoms with van der Waals surface area (Å²) in [6, 6.07) is 0. The molecule has 0 heterocycles. The van der Waals surface area contributed by atoms with Gasteiger partial charge in [0.2, 0.25) is 0 Å². The first kappa shape index (κ1) is 21.6. The zero-order chi connectivity index (χ0) is 21.0. The molecular formula is C27H44O2. The number of allylic oxidation sites excluding steroid dienone is 3. The van der Waals surface area contributed by atoms with Crippen molar-refractivity contribution in [2.45, 2.75) is 111 Å². The zero-order valence-corrected chi connectivity index (χ0v) is 19.5. The molecule has 2 fully saturated rings. The van der Waals surface area contributed by atoms with Crippen molar-refractivity contribution in [1.82, 2.24) is 0 Å². The lowest BCUT2D eigenvalue weighted by Crippen LogP contribution is -2.50. The van der Waals surface area contributed by atoms with Gasteiger partial charge in [-0.05, 0) is 113 Å². The second-order valence-electron chi connectivity index (χ2n) is 11.8.